The van der Waals surface area contributed by atoms with Crippen LogP contribution in [0.3, 0.4) is 0 Å². The molecule has 1 N–H and O–H groups in total. The standard InChI is InChI=1S/C24H30N10/c1-14(2)20-27-22-17(19(24(6,7)8)31-34(22)32-20)28-29-21-15(13-25)18(23(3,4)5)30-33(21)16-11-9-10-12-26-16/h9-12,14H,1-8H3,(H,27,32)/b29-28+. The number of rotatable bonds is 4. The fourth-order valence-electron chi connectivity index (χ4n) is 3.55. The van der Waals surface area contributed by atoms with E-state index in [2.05, 4.69) is 71.1 Å². The van der Waals surface area contributed by atoms with Gasteiger partial charge in [0.15, 0.2) is 23.0 Å². The Labute approximate surface area is 198 Å². The first-order valence-electron chi connectivity index (χ1n) is 11.3. The van der Waals surface area contributed by atoms with Crippen LogP contribution in [0, 0.1) is 11.3 Å². The molecule has 4 rings (SSSR count). The molecule has 0 saturated heterocycles. The van der Waals surface area contributed by atoms with Crippen molar-refractivity contribution in [3.8, 4) is 11.9 Å². The Morgan fingerprint density at radius 1 is 0.971 bits per heavy atom. The first-order chi connectivity index (χ1) is 15.9. The second-order valence-corrected chi connectivity index (χ2v) is 10.7. The van der Waals surface area contributed by atoms with Crippen LogP contribution in [0.4, 0.5) is 11.5 Å². The lowest BCUT2D eigenvalue weighted by Crippen LogP contribution is -2.14. The highest BCUT2D eigenvalue weighted by Crippen LogP contribution is 2.37. The van der Waals surface area contributed by atoms with Crippen LogP contribution in [0.25, 0.3) is 11.5 Å². The summed E-state index contributed by atoms with van der Waals surface area (Å²) in [7, 11) is 0. The van der Waals surface area contributed by atoms with Gasteiger partial charge in [-0.2, -0.15) is 20.1 Å². The lowest BCUT2D eigenvalue weighted by molar-refractivity contribution is 0.555. The molecular formula is C24H30N10. The summed E-state index contributed by atoms with van der Waals surface area (Å²) < 4.78 is 3.15. The fraction of sp³-hybridized carbons (Fsp3) is 0.458. The molecule has 0 spiro atoms. The molecule has 0 fully saturated rings. The number of aromatic amines is 1. The van der Waals surface area contributed by atoms with Gasteiger partial charge in [-0.05, 0) is 12.1 Å². The van der Waals surface area contributed by atoms with Crippen LogP contribution in [-0.4, -0.2) is 34.6 Å². The van der Waals surface area contributed by atoms with Gasteiger partial charge in [-0.1, -0.05) is 61.5 Å². The monoisotopic (exact) mass is 458 g/mol. The topological polar surface area (TPSA) is 125 Å². The van der Waals surface area contributed by atoms with E-state index in [0.29, 0.717) is 34.2 Å². The summed E-state index contributed by atoms with van der Waals surface area (Å²) in [5, 5.41) is 33.2. The van der Waals surface area contributed by atoms with E-state index in [-0.39, 0.29) is 16.7 Å². The second-order valence-electron chi connectivity index (χ2n) is 10.7. The molecular weight excluding hydrogens is 428 g/mol. The zero-order chi connectivity index (χ0) is 24.8. The van der Waals surface area contributed by atoms with Gasteiger partial charge in [0.2, 0.25) is 0 Å². The summed E-state index contributed by atoms with van der Waals surface area (Å²) in [6.07, 6.45) is 1.68. The number of H-pyrrole nitrogens is 1. The number of aromatic nitrogens is 7. The predicted molar refractivity (Wildman–Crippen MR) is 129 cm³/mol. The third kappa shape index (κ3) is 4.09. The van der Waals surface area contributed by atoms with Crippen molar-refractivity contribution >= 4 is 17.2 Å². The van der Waals surface area contributed by atoms with Crippen molar-refractivity contribution in [1.29, 1.82) is 5.26 Å². The molecule has 34 heavy (non-hydrogen) atoms. The molecule has 4 aromatic rings. The Hall–Kier alpha value is -3.87. The van der Waals surface area contributed by atoms with Gasteiger partial charge in [0.25, 0.3) is 0 Å². The minimum Gasteiger partial charge on any atom is -0.323 e. The summed E-state index contributed by atoms with van der Waals surface area (Å²) in [4.78, 5) is 7.74. The number of hydrogen-bond donors (Lipinski definition) is 1. The maximum absolute atomic E-state index is 10.0. The van der Waals surface area contributed by atoms with Crippen molar-refractivity contribution in [2.24, 2.45) is 10.2 Å². The highest BCUT2D eigenvalue weighted by atomic mass is 15.5. The maximum atomic E-state index is 10.0. The number of nitrogens with one attached hydrogen (secondary N) is 1. The molecule has 0 aromatic carbocycles. The van der Waals surface area contributed by atoms with Gasteiger partial charge in [0.05, 0.1) is 11.4 Å². The quantitative estimate of drug-likeness (QED) is 0.396. The van der Waals surface area contributed by atoms with Gasteiger partial charge in [-0.3, -0.25) is 0 Å². The summed E-state index contributed by atoms with van der Waals surface area (Å²) in [6.45, 7) is 16.3. The maximum Gasteiger partial charge on any atom is 0.197 e. The number of fused-ring (bicyclic) bond motifs is 1. The van der Waals surface area contributed by atoms with Crippen LogP contribution in [0.5, 0.6) is 0 Å². The zero-order valence-corrected chi connectivity index (χ0v) is 20.9. The minimum atomic E-state index is -0.369. The van der Waals surface area contributed by atoms with Crippen LogP contribution in [0.15, 0.2) is 34.6 Å². The molecule has 0 atom stereocenters. The van der Waals surface area contributed by atoms with E-state index in [1.807, 2.05) is 39.0 Å². The van der Waals surface area contributed by atoms with Crippen LogP contribution >= 0.6 is 0 Å². The van der Waals surface area contributed by atoms with Crippen LogP contribution < -0.4 is 0 Å². The van der Waals surface area contributed by atoms with E-state index in [4.69, 9.17) is 5.10 Å². The molecule has 4 heterocycles. The van der Waals surface area contributed by atoms with E-state index in [0.717, 1.165) is 11.5 Å². The van der Waals surface area contributed by atoms with Crippen molar-refractivity contribution in [2.75, 3.05) is 0 Å². The van der Waals surface area contributed by atoms with Crippen molar-refractivity contribution in [2.45, 2.75) is 72.1 Å². The molecule has 176 valence electrons. The Bertz CT molecular complexity index is 1400. The first kappa shape index (κ1) is 23.3. The van der Waals surface area contributed by atoms with E-state index >= 15 is 0 Å². The lowest BCUT2D eigenvalue weighted by Gasteiger charge is -2.15. The van der Waals surface area contributed by atoms with Crippen molar-refractivity contribution < 1.29 is 0 Å². The zero-order valence-electron chi connectivity index (χ0n) is 20.9. The van der Waals surface area contributed by atoms with Gasteiger partial charge < -0.3 is 4.98 Å². The highest BCUT2D eigenvalue weighted by Gasteiger charge is 2.30. The molecule has 0 amide bonds. The Morgan fingerprint density at radius 2 is 1.68 bits per heavy atom. The summed E-state index contributed by atoms with van der Waals surface area (Å²) in [5.41, 5.74) is 2.34. The first-order valence-corrected chi connectivity index (χ1v) is 11.3. The summed E-state index contributed by atoms with van der Waals surface area (Å²) >= 11 is 0. The highest BCUT2D eigenvalue weighted by molar-refractivity contribution is 5.68. The van der Waals surface area contributed by atoms with Crippen molar-refractivity contribution in [3.05, 3.63) is 47.2 Å². The molecule has 10 heteroatoms. The van der Waals surface area contributed by atoms with Crippen LogP contribution in [0.1, 0.15) is 84.1 Å². The lowest BCUT2D eigenvalue weighted by atomic mass is 9.90. The molecule has 0 aliphatic heterocycles. The Morgan fingerprint density at radius 3 is 2.24 bits per heavy atom. The molecule has 0 unspecified atom stereocenters. The molecule has 4 aromatic heterocycles. The third-order valence-electron chi connectivity index (χ3n) is 5.34. The SMILES string of the molecule is CC(C)c1nn2nc(C(C)(C)C)c(/N=N/c3c(C#N)c(C(C)(C)C)nn3-c3ccccn3)c2[nH]1. The number of azo groups is 1. The number of nitrogens with zero attached hydrogens (tertiary/aromatic N) is 9. The molecule has 10 nitrogen and oxygen atoms in total. The van der Waals surface area contributed by atoms with E-state index in [9.17, 15) is 5.26 Å². The number of hydrogen-bond acceptors (Lipinski definition) is 7. The average Bonchev–Trinajstić information content (AvgIpc) is 3.43. The van der Waals surface area contributed by atoms with Gasteiger partial charge in [0, 0.05) is 22.9 Å². The number of nitriles is 1. The van der Waals surface area contributed by atoms with Gasteiger partial charge in [-0.15, -0.1) is 20.0 Å². The van der Waals surface area contributed by atoms with Gasteiger partial charge in [-0.25, -0.2) is 4.98 Å². The minimum absolute atomic E-state index is 0.203. The van der Waals surface area contributed by atoms with E-state index in [1.54, 1.807) is 15.5 Å². The number of pyridine rings is 1. The van der Waals surface area contributed by atoms with E-state index < -0.39 is 0 Å². The fourth-order valence-corrected chi connectivity index (χ4v) is 3.55. The second kappa shape index (κ2) is 8.17. The van der Waals surface area contributed by atoms with Gasteiger partial charge >= 0.3 is 0 Å². The molecule has 0 aliphatic rings. The average molecular weight is 459 g/mol. The molecule has 0 aliphatic carbocycles. The normalized spacial score (nSPS) is 12.8. The summed E-state index contributed by atoms with van der Waals surface area (Å²) in [5.74, 6) is 1.90. The van der Waals surface area contributed by atoms with Crippen LogP contribution in [0.2, 0.25) is 0 Å². The van der Waals surface area contributed by atoms with Crippen molar-refractivity contribution in [1.82, 2.24) is 34.6 Å². The third-order valence-corrected chi connectivity index (χ3v) is 5.34. The predicted octanol–water partition coefficient (Wildman–Crippen LogP) is 5.64. The summed E-state index contributed by atoms with van der Waals surface area (Å²) in [6, 6.07) is 7.80. The smallest absolute Gasteiger partial charge is 0.197 e. The molecule has 0 saturated carbocycles. The van der Waals surface area contributed by atoms with Crippen molar-refractivity contribution in [3.63, 3.8) is 0 Å². The molecule has 0 radical (unpaired) electrons. The largest absolute Gasteiger partial charge is 0.323 e. The Kier molecular flexibility index (Phi) is 5.59. The van der Waals surface area contributed by atoms with Crippen LogP contribution in [-0.2, 0) is 10.8 Å². The van der Waals surface area contributed by atoms with Gasteiger partial charge in [0.1, 0.15) is 17.5 Å². The van der Waals surface area contributed by atoms with E-state index in [1.165, 1.54) is 0 Å². The molecule has 0 bridgehead atoms. The Balaban J connectivity index is 1.95.